The standard InChI is InChI=1S/C12H6Br2Cl2N2O/c13-6-3-10(11(16)17-5-6)18-12(19)8-2-1-7(15)4-9(8)14/h1-5H,(H,18,19). The maximum absolute atomic E-state index is 12.1. The molecular formula is C12H6Br2Cl2N2O. The number of carbonyl (C=O) groups is 1. The summed E-state index contributed by atoms with van der Waals surface area (Å²) in [5.74, 6) is -0.301. The minimum Gasteiger partial charge on any atom is -0.319 e. The lowest BCUT2D eigenvalue weighted by Gasteiger charge is -2.08. The summed E-state index contributed by atoms with van der Waals surface area (Å²) in [5.41, 5.74) is 0.892. The van der Waals surface area contributed by atoms with Crippen molar-refractivity contribution < 1.29 is 4.79 Å². The molecule has 1 amide bonds. The number of nitrogens with one attached hydrogen (secondary N) is 1. The summed E-state index contributed by atoms with van der Waals surface area (Å²) in [5, 5.41) is 3.46. The second kappa shape index (κ2) is 6.22. The molecule has 0 aliphatic carbocycles. The Morgan fingerprint density at radius 1 is 1.21 bits per heavy atom. The molecule has 7 heteroatoms. The fourth-order valence-electron chi connectivity index (χ4n) is 1.37. The van der Waals surface area contributed by atoms with Gasteiger partial charge in [0, 0.05) is 20.2 Å². The number of amides is 1. The van der Waals surface area contributed by atoms with E-state index in [1.54, 1.807) is 30.5 Å². The van der Waals surface area contributed by atoms with Gasteiger partial charge in [0.25, 0.3) is 5.91 Å². The van der Waals surface area contributed by atoms with Crippen LogP contribution >= 0.6 is 55.1 Å². The van der Waals surface area contributed by atoms with Crippen LogP contribution in [-0.2, 0) is 0 Å². The van der Waals surface area contributed by atoms with E-state index in [9.17, 15) is 4.79 Å². The predicted molar refractivity (Wildman–Crippen MR) is 84.1 cm³/mol. The second-order valence-electron chi connectivity index (χ2n) is 3.57. The Balaban J connectivity index is 2.28. The topological polar surface area (TPSA) is 42.0 Å². The van der Waals surface area contributed by atoms with Crippen molar-refractivity contribution in [1.82, 2.24) is 4.98 Å². The molecule has 0 bridgehead atoms. The zero-order chi connectivity index (χ0) is 14.0. The van der Waals surface area contributed by atoms with Crippen molar-refractivity contribution in [3.05, 3.63) is 55.1 Å². The van der Waals surface area contributed by atoms with Gasteiger partial charge in [-0.1, -0.05) is 23.2 Å². The lowest BCUT2D eigenvalue weighted by Crippen LogP contribution is -2.13. The Morgan fingerprint density at radius 3 is 2.63 bits per heavy atom. The van der Waals surface area contributed by atoms with Gasteiger partial charge in [-0.15, -0.1) is 0 Å². The number of rotatable bonds is 2. The molecule has 0 atom stereocenters. The quantitative estimate of drug-likeness (QED) is 0.676. The van der Waals surface area contributed by atoms with Gasteiger partial charge >= 0.3 is 0 Å². The first-order valence-electron chi connectivity index (χ1n) is 5.05. The third-order valence-corrected chi connectivity index (χ3v) is 3.86. The maximum atomic E-state index is 12.1. The molecule has 0 saturated carbocycles. The number of benzene rings is 1. The minimum atomic E-state index is -0.301. The van der Waals surface area contributed by atoms with Gasteiger partial charge in [0.2, 0.25) is 0 Å². The normalized spacial score (nSPS) is 10.3. The van der Waals surface area contributed by atoms with E-state index in [2.05, 4.69) is 42.2 Å². The number of hydrogen-bond donors (Lipinski definition) is 1. The number of pyridine rings is 1. The van der Waals surface area contributed by atoms with Crippen LogP contribution in [0.4, 0.5) is 5.69 Å². The lowest BCUT2D eigenvalue weighted by molar-refractivity contribution is 0.102. The summed E-state index contributed by atoms with van der Waals surface area (Å²) in [4.78, 5) is 16.1. The van der Waals surface area contributed by atoms with Crippen molar-refractivity contribution >= 4 is 66.7 Å². The van der Waals surface area contributed by atoms with Crippen molar-refractivity contribution in [2.75, 3.05) is 5.32 Å². The van der Waals surface area contributed by atoms with Gasteiger partial charge in [-0.2, -0.15) is 0 Å². The van der Waals surface area contributed by atoms with Crippen LogP contribution in [0, 0.1) is 0 Å². The highest BCUT2D eigenvalue weighted by Gasteiger charge is 2.13. The van der Waals surface area contributed by atoms with E-state index >= 15 is 0 Å². The van der Waals surface area contributed by atoms with E-state index in [1.807, 2.05) is 0 Å². The van der Waals surface area contributed by atoms with Crippen LogP contribution in [0.25, 0.3) is 0 Å². The smallest absolute Gasteiger partial charge is 0.256 e. The fourth-order valence-corrected chi connectivity index (χ4v) is 2.72. The van der Waals surface area contributed by atoms with E-state index in [-0.39, 0.29) is 11.1 Å². The summed E-state index contributed by atoms with van der Waals surface area (Å²) in [7, 11) is 0. The van der Waals surface area contributed by atoms with Crippen LogP contribution < -0.4 is 5.32 Å². The molecule has 0 aliphatic heterocycles. The van der Waals surface area contributed by atoms with Crippen molar-refractivity contribution in [2.45, 2.75) is 0 Å². The lowest BCUT2D eigenvalue weighted by atomic mass is 10.2. The number of hydrogen-bond acceptors (Lipinski definition) is 2. The zero-order valence-electron chi connectivity index (χ0n) is 9.25. The van der Waals surface area contributed by atoms with Crippen molar-refractivity contribution in [3.63, 3.8) is 0 Å². The van der Waals surface area contributed by atoms with Crippen LogP contribution in [-0.4, -0.2) is 10.9 Å². The van der Waals surface area contributed by atoms with Gasteiger partial charge in [0.05, 0.1) is 11.3 Å². The van der Waals surface area contributed by atoms with Gasteiger partial charge in [-0.05, 0) is 56.1 Å². The average molecular weight is 425 g/mol. The van der Waals surface area contributed by atoms with Gasteiger partial charge in [0.1, 0.15) is 0 Å². The van der Waals surface area contributed by atoms with E-state index in [1.165, 1.54) is 0 Å². The molecule has 0 aliphatic rings. The van der Waals surface area contributed by atoms with Crippen LogP contribution in [0.2, 0.25) is 10.2 Å². The number of anilines is 1. The molecule has 0 radical (unpaired) electrons. The first kappa shape index (κ1) is 14.8. The summed E-state index contributed by atoms with van der Waals surface area (Å²) >= 11 is 18.3. The molecule has 1 N–H and O–H groups in total. The van der Waals surface area contributed by atoms with Crippen molar-refractivity contribution in [2.24, 2.45) is 0 Å². The Morgan fingerprint density at radius 2 is 1.95 bits per heavy atom. The minimum absolute atomic E-state index is 0.224. The van der Waals surface area contributed by atoms with Gasteiger partial charge in [-0.25, -0.2) is 4.98 Å². The van der Waals surface area contributed by atoms with E-state index in [0.717, 1.165) is 4.47 Å². The Hall–Kier alpha value is -0.620. The van der Waals surface area contributed by atoms with Gasteiger partial charge in [-0.3, -0.25) is 4.79 Å². The number of carbonyl (C=O) groups excluding carboxylic acids is 1. The second-order valence-corrected chi connectivity index (χ2v) is 6.13. The molecule has 1 aromatic heterocycles. The Bertz CT molecular complexity index is 650. The van der Waals surface area contributed by atoms with Crippen LogP contribution in [0.5, 0.6) is 0 Å². The Labute approximate surface area is 136 Å². The highest BCUT2D eigenvalue weighted by molar-refractivity contribution is 9.10. The van der Waals surface area contributed by atoms with Crippen molar-refractivity contribution in [1.29, 1.82) is 0 Å². The van der Waals surface area contributed by atoms with Gasteiger partial charge in [0.15, 0.2) is 5.15 Å². The first-order chi connectivity index (χ1) is 8.97. The summed E-state index contributed by atoms with van der Waals surface area (Å²) in [6.45, 7) is 0. The Kier molecular flexibility index (Phi) is 4.84. The molecule has 2 aromatic rings. The third kappa shape index (κ3) is 3.69. The van der Waals surface area contributed by atoms with E-state index in [0.29, 0.717) is 20.7 Å². The van der Waals surface area contributed by atoms with Crippen LogP contribution in [0.3, 0.4) is 0 Å². The summed E-state index contributed by atoms with van der Waals surface area (Å²) in [6.07, 6.45) is 1.55. The van der Waals surface area contributed by atoms with Gasteiger partial charge < -0.3 is 5.32 Å². The van der Waals surface area contributed by atoms with Crippen LogP contribution in [0.15, 0.2) is 39.4 Å². The molecule has 1 heterocycles. The molecular weight excluding hydrogens is 419 g/mol. The third-order valence-electron chi connectivity index (χ3n) is 2.23. The highest BCUT2D eigenvalue weighted by Crippen LogP contribution is 2.26. The number of nitrogens with zero attached hydrogens (tertiary/aromatic N) is 1. The molecule has 3 nitrogen and oxygen atoms in total. The molecule has 0 spiro atoms. The fraction of sp³-hybridized carbons (Fsp3) is 0. The molecule has 1 aromatic carbocycles. The maximum Gasteiger partial charge on any atom is 0.256 e. The molecule has 2 rings (SSSR count). The van der Waals surface area contributed by atoms with Crippen LogP contribution in [0.1, 0.15) is 10.4 Å². The zero-order valence-corrected chi connectivity index (χ0v) is 13.9. The van der Waals surface area contributed by atoms with E-state index in [4.69, 9.17) is 23.2 Å². The predicted octanol–water partition coefficient (Wildman–Crippen LogP) is 5.17. The largest absolute Gasteiger partial charge is 0.319 e. The van der Waals surface area contributed by atoms with E-state index < -0.39 is 0 Å². The first-order valence-corrected chi connectivity index (χ1v) is 7.39. The molecule has 98 valence electrons. The SMILES string of the molecule is O=C(Nc1cc(Br)cnc1Cl)c1ccc(Cl)cc1Br. The molecule has 19 heavy (non-hydrogen) atoms. The summed E-state index contributed by atoms with van der Waals surface area (Å²) < 4.78 is 1.33. The number of aromatic nitrogens is 1. The average Bonchev–Trinajstić information content (AvgIpc) is 2.33. The molecule has 0 saturated heterocycles. The molecule has 0 unspecified atom stereocenters. The molecule has 0 fully saturated rings. The summed E-state index contributed by atoms with van der Waals surface area (Å²) in [6, 6.07) is 6.59. The van der Waals surface area contributed by atoms with Crippen molar-refractivity contribution in [3.8, 4) is 0 Å². The monoisotopic (exact) mass is 422 g/mol. The highest BCUT2D eigenvalue weighted by atomic mass is 79.9. The number of halogens is 4.